The normalized spacial score (nSPS) is 16.7. The molecule has 1 fully saturated rings. The Balaban J connectivity index is 1.67. The molecule has 0 aliphatic heterocycles. The standard InChI is InChI=1S/C17H23N3O3/c1-4-13-9-10(2)14(22-13)16(21)18-11(3)17-19-15(20-23-17)12-7-5-6-8-12/h9,11-12H,4-8H2,1-3H3,(H,18,21). The van der Waals surface area contributed by atoms with E-state index in [1.807, 2.05) is 26.8 Å². The van der Waals surface area contributed by atoms with Gasteiger partial charge in [0, 0.05) is 17.9 Å². The van der Waals surface area contributed by atoms with Crippen molar-refractivity contribution in [1.29, 1.82) is 0 Å². The molecule has 6 nitrogen and oxygen atoms in total. The summed E-state index contributed by atoms with van der Waals surface area (Å²) in [5.41, 5.74) is 0.837. The molecular weight excluding hydrogens is 294 g/mol. The molecule has 0 spiro atoms. The van der Waals surface area contributed by atoms with Gasteiger partial charge in [-0.25, -0.2) is 0 Å². The lowest BCUT2D eigenvalue weighted by atomic mass is 10.1. The first-order valence-electron chi connectivity index (χ1n) is 8.32. The molecule has 1 aliphatic rings. The van der Waals surface area contributed by atoms with E-state index >= 15 is 0 Å². The molecule has 124 valence electrons. The lowest BCUT2D eigenvalue weighted by Crippen LogP contribution is -2.27. The second-order valence-electron chi connectivity index (χ2n) is 6.25. The van der Waals surface area contributed by atoms with E-state index in [0.717, 1.165) is 36.4 Å². The minimum absolute atomic E-state index is 0.254. The molecule has 1 amide bonds. The van der Waals surface area contributed by atoms with Crippen molar-refractivity contribution in [3.63, 3.8) is 0 Å². The molecule has 3 rings (SSSR count). The van der Waals surface area contributed by atoms with Gasteiger partial charge in [-0.15, -0.1) is 0 Å². The highest BCUT2D eigenvalue weighted by Gasteiger charge is 2.25. The fraction of sp³-hybridized carbons (Fsp3) is 0.588. The van der Waals surface area contributed by atoms with Crippen molar-refractivity contribution in [3.05, 3.63) is 34.9 Å². The van der Waals surface area contributed by atoms with Crippen LogP contribution in [0.1, 0.15) is 85.1 Å². The first-order chi connectivity index (χ1) is 11.1. The molecule has 2 aromatic heterocycles. The van der Waals surface area contributed by atoms with Crippen LogP contribution in [0.4, 0.5) is 0 Å². The molecule has 2 aromatic rings. The number of rotatable bonds is 5. The summed E-state index contributed by atoms with van der Waals surface area (Å²) in [6.45, 7) is 5.70. The van der Waals surface area contributed by atoms with Gasteiger partial charge in [0.25, 0.3) is 5.91 Å². The Morgan fingerprint density at radius 1 is 1.43 bits per heavy atom. The van der Waals surface area contributed by atoms with Gasteiger partial charge in [-0.3, -0.25) is 4.79 Å². The van der Waals surface area contributed by atoms with E-state index in [1.165, 1.54) is 12.8 Å². The van der Waals surface area contributed by atoms with E-state index in [-0.39, 0.29) is 11.9 Å². The molecule has 1 saturated carbocycles. The molecule has 1 aliphatic carbocycles. The Morgan fingerprint density at radius 3 is 2.83 bits per heavy atom. The molecule has 1 unspecified atom stereocenters. The summed E-state index contributed by atoms with van der Waals surface area (Å²) in [7, 11) is 0. The molecule has 1 atom stereocenters. The van der Waals surface area contributed by atoms with E-state index in [1.54, 1.807) is 0 Å². The van der Waals surface area contributed by atoms with Gasteiger partial charge in [-0.05, 0) is 32.8 Å². The summed E-state index contributed by atoms with van der Waals surface area (Å²) in [5, 5.41) is 6.94. The van der Waals surface area contributed by atoms with Crippen LogP contribution in [0.15, 0.2) is 15.0 Å². The van der Waals surface area contributed by atoms with Gasteiger partial charge in [0.1, 0.15) is 11.8 Å². The Morgan fingerprint density at radius 2 is 2.17 bits per heavy atom. The summed E-state index contributed by atoms with van der Waals surface area (Å²) < 4.78 is 10.9. The number of nitrogens with zero attached hydrogens (tertiary/aromatic N) is 2. The average Bonchev–Trinajstić information content (AvgIpc) is 3.26. The topological polar surface area (TPSA) is 81.2 Å². The third-order valence-corrected chi connectivity index (χ3v) is 4.42. The predicted octanol–water partition coefficient (Wildman–Crippen LogP) is 3.68. The Hall–Kier alpha value is -2.11. The van der Waals surface area contributed by atoms with Crippen molar-refractivity contribution in [1.82, 2.24) is 15.5 Å². The number of hydrogen-bond acceptors (Lipinski definition) is 5. The van der Waals surface area contributed by atoms with E-state index in [9.17, 15) is 4.79 Å². The van der Waals surface area contributed by atoms with Crippen LogP contribution in [0.2, 0.25) is 0 Å². The number of carbonyl (C=O) groups is 1. The summed E-state index contributed by atoms with van der Waals surface area (Å²) in [4.78, 5) is 16.8. The molecule has 23 heavy (non-hydrogen) atoms. The molecule has 6 heteroatoms. The lowest BCUT2D eigenvalue weighted by Gasteiger charge is -2.08. The van der Waals surface area contributed by atoms with E-state index in [2.05, 4.69) is 15.5 Å². The minimum Gasteiger partial charge on any atom is -0.456 e. The molecule has 2 heterocycles. The van der Waals surface area contributed by atoms with Crippen LogP contribution in [0, 0.1) is 6.92 Å². The van der Waals surface area contributed by atoms with E-state index < -0.39 is 0 Å². The van der Waals surface area contributed by atoms with Crippen molar-refractivity contribution in [2.45, 2.75) is 64.8 Å². The van der Waals surface area contributed by atoms with Crippen LogP contribution in [-0.2, 0) is 6.42 Å². The van der Waals surface area contributed by atoms with Crippen molar-refractivity contribution in [3.8, 4) is 0 Å². The van der Waals surface area contributed by atoms with Crippen LogP contribution in [0.5, 0.6) is 0 Å². The highest BCUT2D eigenvalue weighted by atomic mass is 16.5. The number of furan rings is 1. The Labute approximate surface area is 135 Å². The van der Waals surface area contributed by atoms with Crippen molar-refractivity contribution >= 4 is 5.91 Å². The quantitative estimate of drug-likeness (QED) is 0.909. The first-order valence-corrected chi connectivity index (χ1v) is 8.32. The van der Waals surface area contributed by atoms with Gasteiger partial charge in [0.15, 0.2) is 11.6 Å². The van der Waals surface area contributed by atoms with E-state index in [4.69, 9.17) is 8.94 Å². The van der Waals surface area contributed by atoms with Crippen LogP contribution >= 0.6 is 0 Å². The number of carbonyl (C=O) groups excluding carboxylic acids is 1. The van der Waals surface area contributed by atoms with Gasteiger partial charge in [0.05, 0.1) is 0 Å². The zero-order valence-corrected chi connectivity index (χ0v) is 13.9. The fourth-order valence-corrected chi connectivity index (χ4v) is 3.04. The largest absolute Gasteiger partial charge is 0.456 e. The Kier molecular flexibility index (Phi) is 4.50. The maximum absolute atomic E-state index is 12.3. The third kappa shape index (κ3) is 3.30. The second-order valence-corrected chi connectivity index (χ2v) is 6.25. The number of hydrogen-bond donors (Lipinski definition) is 1. The summed E-state index contributed by atoms with van der Waals surface area (Å²) >= 11 is 0. The molecule has 0 bridgehead atoms. The third-order valence-electron chi connectivity index (χ3n) is 4.42. The van der Waals surface area contributed by atoms with Gasteiger partial charge in [-0.2, -0.15) is 4.98 Å². The molecule has 0 radical (unpaired) electrons. The van der Waals surface area contributed by atoms with Crippen molar-refractivity contribution < 1.29 is 13.7 Å². The van der Waals surface area contributed by atoms with Crippen LogP contribution in [0.3, 0.4) is 0 Å². The fourth-order valence-electron chi connectivity index (χ4n) is 3.04. The molecular formula is C17H23N3O3. The van der Waals surface area contributed by atoms with Crippen LogP contribution in [0.25, 0.3) is 0 Å². The number of amides is 1. The van der Waals surface area contributed by atoms with Crippen molar-refractivity contribution in [2.24, 2.45) is 0 Å². The maximum Gasteiger partial charge on any atom is 0.287 e. The monoisotopic (exact) mass is 317 g/mol. The van der Waals surface area contributed by atoms with Gasteiger partial charge < -0.3 is 14.3 Å². The highest BCUT2D eigenvalue weighted by Crippen LogP contribution is 2.32. The average molecular weight is 317 g/mol. The van der Waals surface area contributed by atoms with Crippen LogP contribution in [-0.4, -0.2) is 16.0 Å². The highest BCUT2D eigenvalue weighted by molar-refractivity contribution is 5.93. The summed E-state index contributed by atoms with van der Waals surface area (Å²) in [6, 6.07) is 1.55. The Bertz CT molecular complexity index is 683. The first kappa shape index (κ1) is 15.8. The minimum atomic E-state index is -0.347. The summed E-state index contributed by atoms with van der Waals surface area (Å²) in [6.07, 6.45) is 5.44. The zero-order chi connectivity index (χ0) is 16.4. The number of nitrogens with one attached hydrogen (secondary N) is 1. The predicted molar refractivity (Wildman–Crippen MR) is 84.2 cm³/mol. The number of aromatic nitrogens is 2. The van der Waals surface area contributed by atoms with Gasteiger partial charge >= 0.3 is 0 Å². The van der Waals surface area contributed by atoms with Crippen molar-refractivity contribution in [2.75, 3.05) is 0 Å². The maximum atomic E-state index is 12.3. The molecule has 0 aromatic carbocycles. The van der Waals surface area contributed by atoms with Gasteiger partial charge in [0.2, 0.25) is 5.89 Å². The molecule has 0 saturated heterocycles. The lowest BCUT2D eigenvalue weighted by molar-refractivity contribution is 0.0902. The zero-order valence-electron chi connectivity index (χ0n) is 13.9. The van der Waals surface area contributed by atoms with E-state index in [0.29, 0.717) is 17.6 Å². The number of aryl methyl sites for hydroxylation is 2. The smallest absolute Gasteiger partial charge is 0.287 e. The SMILES string of the molecule is CCc1cc(C)c(C(=O)NC(C)c2nc(C3CCCC3)no2)o1. The van der Waals surface area contributed by atoms with Gasteiger partial charge in [-0.1, -0.05) is 24.9 Å². The second kappa shape index (κ2) is 6.56. The van der Waals surface area contributed by atoms with Crippen LogP contribution < -0.4 is 5.32 Å². The summed E-state index contributed by atoms with van der Waals surface area (Å²) in [5.74, 6) is 2.51. The molecule has 1 N–H and O–H groups in total.